The van der Waals surface area contributed by atoms with Crippen LogP contribution in [0.5, 0.6) is 0 Å². The molecule has 1 aliphatic rings. The summed E-state index contributed by atoms with van der Waals surface area (Å²) in [5.74, 6) is -0.524. The Hall–Kier alpha value is -0.930. The van der Waals surface area contributed by atoms with Gasteiger partial charge < -0.3 is 10.2 Å². The molecule has 2 N–H and O–H groups in total. The highest BCUT2D eigenvalue weighted by atomic mass is 16.3. The first-order valence-corrected chi connectivity index (χ1v) is 3.80. The van der Waals surface area contributed by atoms with Crippen LogP contribution in [0.3, 0.4) is 0 Å². The van der Waals surface area contributed by atoms with Crippen LogP contribution in [0.4, 0.5) is 0 Å². The Morgan fingerprint density at radius 3 is 2.42 bits per heavy atom. The summed E-state index contributed by atoms with van der Waals surface area (Å²) >= 11 is 0. The van der Waals surface area contributed by atoms with Crippen molar-refractivity contribution in [3.05, 3.63) is 23.8 Å². The Morgan fingerprint density at radius 2 is 2.08 bits per heavy atom. The van der Waals surface area contributed by atoms with E-state index < -0.39 is 18.0 Å². The van der Waals surface area contributed by atoms with E-state index in [0.29, 0.717) is 17.6 Å². The number of rotatable bonds is 2. The highest BCUT2D eigenvalue weighted by Crippen LogP contribution is 2.26. The van der Waals surface area contributed by atoms with Gasteiger partial charge in [-0.25, -0.2) is 0 Å². The third-order valence-electron chi connectivity index (χ3n) is 2.15. The molecule has 0 aromatic heterocycles. The van der Waals surface area contributed by atoms with Gasteiger partial charge in [-0.3, -0.25) is 4.79 Å². The minimum atomic E-state index is -1.13. The summed E-state index contributed by atoms with van der Waals surface area (Å²) in [6, 6.07) is 0. The normalized spacial score (nSPS) is 29.8. The molecule has 0 aromatic carbocycles. The van der Waals surface area contributed by atoms with Crippen molar-refractivity contribution in [3.63, 3.8) is 0 Å². The molecule has 1 rings (SSSR count). The number of carbonyl (C=O) groups is 1. The van der Waals surface area contributed by atoms with Crippen LogP contribution >= 0.6 is 0 Å². The van der Waals surface area contributed by atoms with E-state index in [2.05, 4.69) is 6.58 Å². The van der Waals surface area contributed by atoms with Crippen molar-refractivity contribution < 1.29 is 15.0 Å². The van der Waals surface area contributed by atoms with Crippen LogP contribution in [0.15, 0.2) is 23.8 Å². The summed E-state index contributed by atoms with van der Waals surface area (Å²) in [4.78, 5) is 11.0. The second kappa shape index (κ2) is 3.21. The maximum Gasteiger partial charge on any atom is 0.198 e. The molecule has 0 saturated carbocycles. The number of hydrogen-bond acceptors (Lipinski definition) is 3. The number of allylic oxidation sites excluding steroid dienone is 1. The average molecular weight is 168 g/mol. The first-order valence-electron chi connectivity index (χ1n) is 3.80. The molecule has 12 heavy (non-hydrogen) atoms. The number of aliphatic hydroxyl groups is 2. The van der Waals surface area contributed by atoms with Gasteiger partial charge in [0.15, 0.2) is 5.78 Å². The van der Waals surface area contributed by atoms with Crippen LogP contribution in [-0.2, 0) is 4.79 Å². The van der Waals surface area contributed by atoms with Crippen molar-refractivity contribution in [2.75, 3.05) is 0 Å². The average Bonchev–Trinajstić information content (AvgIpc) is 2.23. The summed E-state index contributed by atoms with van der Waals surface area (Å²) in [5, 5.41) is 18.5. The molecule has 0 spiro atoms. The summed E-state index contributed by atoms with van der Waals surface area (Å²) in [6.07, 6.45) is -0.184. The van der Waals surface area contributed by atoms with Crippen molar-refractivity contribution in [2.24, 2.45) is 0 Å². The molecule has 0 bridgehead atoms. The van der Waals surface area contributed by atoms with E-state index >= 15 is 0 Å². The zero-order valence-electron chi connectivity index (χ0n) is 6.95. The van der Waals surface area contributed by atoms with Gasteiger partial charge in [-0.15, -0.1) is 6.58 Å². The number of carbonyl (C=O) groups excluding carboxylic acids is 1. The fourth-order valence-corrected chi connectivity index (χ4v) is 1.35. The zero-order chi connectivity index (χ0) is 9.30. The lowest BCUT2D eigenvalue weighted by molar-refractivity contribution is -0.130. The quantitative estimate of drug-likeness (QED) is 0.578. The Balaban J connectivity index is 2.95. The molecule has 0 aliphatic heterocycles. The second-order valence-electron chi connectivity index (χ2n) is 2.91. The summed E-state index contributed by atoms with van der Waals surface area (Å²) in [5.41, 5.74) is 1.15. The summed E-state index contributed by atoms with van der Waals surface area (Å²) in [7, 11) is 0. The standard InChI is InChI=1S/C9H12O3/c1-3-4-6-5(2)7(10)9(12)8(6)11/h3,7-8,10-11H,1,4H2,2H3. The van der Waals surface area contributed by atoms with Gasteiger partial charge in [-0.05, 0) is 24.5 Å². The largest absolute Gasteiger partial charge is 0.381 e. The number of Topliss-reactive ketones (excluding diaryl/α,β-unsaturated/α-hetero) is 1. The predicted octanol–water partition coefficient (Wildman–Crippen LogP) is 0.183. The highest BCUT2D eigenvalue weighted by Gasteiger charge is 2.36. The van der Waals surface area contributed by atoms with E-state index in [0.717, 1.165) is 0 Å². The molecule has 2 unspecified atom stereocenters. The molecule has 3 nitrogen and oxygen atoms in total. The zero-order valence-corrected chi connectivity index (χ0v) is 6.95. The lowest BCUT2D eigenvalue weighted by Gasteiger charge is -2.03. The van der Waals surface area contributed by atoms with E-state index in [-0.39, 0.29) is 0 Å². The third-order valence-corrected chi connectivity index (χ3v) is 2.15. The van der Waals surface area contributed by atoms with Crippen LogP contribution in [-0.4, -0.2) is 28.2 Å². The van der Waals surface area contributed by atoms with Gasteiger partial charge in [0.1, 0.15) is 12.2 Å². The molecule has 0 saturated heterocycles. The molecule has 66 valence electrons. The van der Waals surface area contributed by atoms with Crippen molar-refractivity contribution in [3.8, 4) is 0 Å². The van der Waals surface area contributed by atoms with Crippen molar-refractivity contribution in [1.82, 2.24) is 0 Å². The number of hydrogen-bond donors (Lipinski definition) is 2. The van der Waals surface area contributed by atoms with E-state index in [1.807, 2.05) is 0 Å². The number of aliphatic hydroxyl groups excluding tert-OH is 2. The summed E-state index contributed by atoms with van der Waals surface area (Å²) < 4.78 is 0. The third kappa shape index (κ3) is 1.21. The molecule has 0 fully saturated rings. The smallest absolute Gasteiger partial charge is 0.198 e. The first kappa shape index (κ1) is 9.16. The molecule has 1 aliphatic carbocycles. The Bertz CT molecular complexity index is 252. The minimum absolute atomic E-state index is 0.454. The molecule has 0 heterocycles. The van der Waals surface area contributed by atoms with Gasteiger partial charge in [0, 0.05) is 0 Å². The summed E-state index contributed by atoms with van der Waals surface area (Å²) in [6.45, 7) is 5.16. The molecule has 3 heteroatoms. The van der Waals surface area contributed by atoms with Crippen LogP contribution in [0.25, 0.3) is 0 Å². The first-order chi connectivity index (χ1) is 5.59. The maximum atomic E-state index is 11.0. The second-order valence-corrected chi connectivity index (χ2v) is 2.91. The number of ketones is 1. The van der Waals surface area contributed by atoms with Crippen LogP contribution in [0.2, 0.25) is 0 Å². The molecule has 0 amide bonds. The van der Waals surface area contributed by atoms with Crippen LogP contribution in [0.1, 0.15) is 13.3 Å². The van der Waals surface area contributed by atoms with Gasteiger partial charge >= 0.3 is 0 Å². The van der Waals surface area contributed by atoms with Crippen molar-refractivity contribution >= 4 is 5.78 Å². The van der Waals surface area contributed by atoms with Gasteiger partial charge in [0.25, 0.3) is 0 Å². The monoisotopic (exact) mass is 168 g/mol. The van der Waals surface area contributed by atoms with Crippen molar-refractivity contribution in [2.45, 2.75) is 25.6 Å². The fourth-order valence-electron chi connectivity index (χ4n) is 1.35. The molecular formula is C9H12O3. The van der Waals surface area contributed by atoms with Crippen molar-refractivity contribution in [1.29, 1.82) is 0 Å². The van der Waals surface area contributed by atoms with Crippen LogP contribution in [0, 0.1) is 0 Å². The lowest BCUT2D eigenvalue weighted by atomic mass is 10.1. The van der Waals surface area contributed by atoms with Gasteiger partial charge in [0.2, 0.25) is 0 Å². The SMILES string of the molecule is C=CCC1=C(C)C(O)C(=O)C1O. The lowest BCUT2D eigenvalue weighted by Crippen LogP contribution is -2.25. The minimum Gasteiger partial charge on any atom is -0.381 e. The fraction of sp³-hybridized carbons (Fsp3) is 0.444. The molecule has 0 radical (unpaired) electrons. The predicted molar refractivity (Wildman–Crippen MR) is 44.5 cm³/mol. The van der Waals surface area contributed by atoms with E-state index in [1.54, 1.807) is 13.0 Å². The molecule has 2 atom stereocenters. The van der Waals surface area contributed by atoms with Gasteiger partial charge in [-0.2, -0.15) is 0 Å². The Morgan fingerprint density at radius 1 is 1.50 bits per heavy atom. The van der Waals surface area contributed by atoms with E-state index in [9.17, 15) is 15.0 Å². The van der Waals surface area contributed by atoms with E-state index in [1.165, 1.54) is 0 Å². The van der Waals surface area contributed by atoms with E-state index in [4.69, 9.17) is 0 Å². The maximum absolute atomic E-state index is 11.0. The molecular weight excluding hydrogens is 156 g/mol. The van der Waals surface area contributed by atoms with Crippen LogP contribution < -0.4 is 0 Å². The van der Waals surface area contributed by atoms with Gasteiger partial charge in [0.05, 0.1) is 0 Å². The Labute approximate surface area is 71.0 Å². The topological polar surface area (TPSA) is 57.5 Å². The Kier molecular flexibility index (Phi) is 2.45. The molecule has 0 aromatic rings. The highest BCUT2D eigenvalue weighted by molar-refractivity contribution is 5.96. The van der Waals surface area contributed by atoms with Gasteiger partial charge in [-0.1, -0.05) is 6.08 Å².